The van der Waals surface area contributed by atoms with Crippen molar-refractivity contribution in [3.8, 4) is 0 Å². The minimum Gasteiger partial charge on any atom is -0.479 e. The lowest BCUT2D eigenvalue weighted by Gasteiger charge is -2.40. The van der Waals surface area contributed by atoms with Crippen molar-refractivity contribution in [2.45, 2.75) is 250 Å². The molecule has 0 saturated carbocycles. The number of aliphatic hydroxyl groups is 2. The van der Waals surface area contributed by atoms with Gasteiger partial charge in [0.25, 0.3) is 0 Å². The Kier molecular flexibility index (Phi) is 42.9. The molecule has 1 heterocycles. The molecule has 6 atom stereocenters. The Labute approximate surface area is 429 Å². The Morgan fingerprint density at radius 1 is 0.479 bits per heavy atom. The topological polar surface area (TPSA) is 175 Å². The molecule has 1 fully saturated rings. The van der Waals surface area contributed by atoms with Crippen molar-refractivity contribution in [2.75, 3.05) is 13.2 Å². The summed E-state index contributed by atoms with van der Waals surface area (Å²) in [5.41, 5.74) is 0. The van der Waals surface area contributed by atoms with Crippen LogP contribution in [0.25, 0.3) is 0 Å². The molecule has 6 unspecified atom stereocenters. The maximum absolute atomic E-state index is 13.1. The molecular formula is C59H96O12. The molecule has 0 bridgehead atoms. The maximum Gasteiger partial charge on any atom is 0.335 e. The van der Waals surface area contributed by atoms with Crippen LogP contribution in [0.4, 0.5) is 0 Å². The monoisotopic (exact) mass is 997 g/mol. The minimum absolute atomic E-state index is 0.0533. The van der Waals surface area contributed by atoms with Gasteiger partial charge >= 0.3 is 23.9 Å². The van der Waals surface area contributed by atoms with Crippen molar-refractivity contribution >= 4 is 23.9 Å². The SMILES string of the molecule is CC/C=C\C/C=C\C/C=C\C/C=C\CCCCCCC(=O)OCC(COC1OC(C(=O)O)C(O)C(O)C1OC(=O)CCCCCCCCCCCCC)OC(=O)CCCCC/C=C\C/C=C\C/C=C\CC. The lowest BCUT2D eigenvalue weighted by molar-refractivity contribution is -0.301. The van der Waals surface area contributed by atoms with Gasteiger partial charge in [-0.05, 0) is 89.9 Å². The fourth-order valence-corrected chi connectivity index (χ4v) is 7.78. The van der Waals surface area contributed by atoms with E-state index in [0.717, 1.165) is 116 Å². The van der Waals surface area contributed by atoms with Gasteiger partial charge in [-0.2, -0.15) is 0 Å². The molecular weight excluding hydrogens is 901 g/mol. The van der Waals surface area contributed by atoms with Gasteiger partial charge in [-0.3, -0.25) is 14.4 Å². The molecule has 1 aliphatic rings. The smallest absolute Gasteiger partial charge is 0.335 e. The molecule has 0 spiro atoms. The quantitative estimate of drug-likeness (QED) is 0.0228. The zero-order chi connectivity index (χ0) is 51.8. The zero-order valence-electron chi connectivity index (χ0n) is 44.2. The molecule has 1 saturated heterocycles. The first-order valence-electron chi connectivity index (χ1n) is 27.6. The molecule has 12 nitrogen and oxygen atoms in total. The number of allylic oxidation sites excluding steroid dienone is 14. The Morgan fingerprint density at radius 3 is 1.37 bits per heavy atom. The summed E-state index contributed by atoms with van der Waals surface area (Å²) in [4.78, 5) is 50.9. The highest BCUT2D eigenvalue weighted by atomic mass is 16.7. The van der Waals surface area contributed by atoms with Crippen LogP contribution >= 0.6 is 0 Å². The largest absolute Gasteiger partial charge is 0.479 e. The number of carboxylic acid groups (broad SMARTS) is 1. The fourth-order valence-electron chi connectivity index (χ4n) is 7.78. The minimum atomic E-state index is -1.91. The van der Waals surface area contributed by atoms with Gasteiger partial charge in [0.1, 0.15) is 18.8 Å². The number of hydrogen-bond donors (Lipinski definition) is 3. The van der Waals surface area contributed by atoms with E-state index in [1.165, 1.54) is 38.5 Å². The van der Waals surface area contributed by atoms with E-state index < -0.39 is 67.3 Å². The number of unbranched alkanes of at least 4 members (excludes halogenated alkanes) is 17. The third-order valence-electron chi connectivity index (χ3n) is 12.0. The van der Waals surface area contributed by atoms with Crippen LogP contribution in [-0.2, 0) is 42.9 Å². The van der Waals surface area contributed by atoms with E-state index in [1.807, 2.05) is 0 Å². The number of aliphatic carboxylic acids is 1. The number of aliphatic hydroxyl groups excluding tert-OH is 2. The number of hydrogen-bond acceptors (Lipinski definition) is 11. The molecule has 0 radical (unpaired) electrons. The van der Waals surface area contributed by atoms with Gasteiger partial charge in [-0.15, -0.1) is 0 Å². The first-order valence-corrected chi connectivity index (χ1v) is 27.6. The van der Waals surface area contributed by atoms with E-state index in [2.05, 4.69) is 106 Å². The van der Waals surface area contributed by atoms with Crippen molar-refractivity contribution in [3.63, 3.8) is 0 Å². The second kappa shape index (κ2) is 46.9. The van der Waals surface area contributed by atoms with E-state index in [-0.39, 0.29) is 25.9 Å². The molecule has 404 valence electrons. The Hall–Kier alpha value is -4.10. The van der Waals surface area contributed by atoms with Gasteiger partial charge < -0.3 is 39.0 Å². The number of carbonyl (C=O) groups is 4. The highest BCUT2D eigenvalue weighted by molar-refractivity contribution is 5.74. The summed E-state index contributed by atoms with van der Waals surface area (Å²) in [6, 6.07) is 0. The Morgan fingerprint density at radius 2 is 0.887 bits per heavy atom. The van der Waals surface area contributed by atoms with Crippen molar-refractivity contribution < 1.29 is 58.2 Å². The van der Waals surface area contributed by atoms with Gasteiger partial charge in [0, 0.05) is 19.3 Å². The Balaban J connectivity index is 2.75. The summed E-state index contributed by atoms with van der Waals surface area (Å²) in [6.45, 7) is 5.68. The summed E-state index contributed by atoms with van der Waals surface area (Å²) >= 11 is 0. The molecule has 71 heavy (non-hydrogen) atoms. The number of ether oxygens (including phenoxy) is 5. The van der Waals surface area contributed by atoms with Gasteiger partial charge in [-0.25, -0.2) is 4.79 Å². The standard InChI is InChI=1S/C59H96O12/c1-4-7-10-13-16-19-22-24-25-26-27-29-31-33-36-39-42-45-51(60)67-48-50(69-52(61)46-43-40-37-35-32-28-23-20-17-14-11-8-5-2)49-68-59-57(55(64)54(63)56(71-59)58(65)66)70-53(62)47-44-41-38-34-30-21-18-15-12-9-6-3/h7-8,10-11,16-17,19-20,24-25,27-29,32,50,54-57,59,63-64H,4-6,9,12-15,18,21-23,26,30-31,33-49H2,1-3H3,(H,65,66)/b10-7-,11-8-,19-16-,20-17-,25-24-,29-27-,32-28-. The highest BCUT2D eigenvalue weighted by Crippen LogP contribution is 2.26. The van der Waals surface area contributed by atoms with Crippen LogP contribution in [0.5, 0.6) is 0 Å². The van der Waals surface area contributed by atoms with E-state index in [0.29, 0.717) is 19.3 Å². The van der Waals surface area contributed by atoms with Crippen molar-refractivity contribution in [2.24, 2.45) is 0 Å². The van der Waals surface area contributed by atoms with Crippen LogP contribution < -0.4 is 0 Å². The van der Waals surface area contributed by atoms with Crippen LogP contribution in [0.2, 0.25) is 0 Å². The predicted molar refractivity (Wildman–Crippen MR) is 284 cm³/mol. The predicted octanol–water partition coefficient (Wildman–Crippen LogP) is 13.6. The summed E-state index contributed by atoms with van der Waals surface area (Å²) in [6.07, 6.45) is 47.1. The molecule has 0 aromatic carbocycles. The number of carboxylic acids is 1. The zero-order valence-corrected chi connectivity index (χ0v) is 44.2. The first kappa shape index (κ1) is 64.9. The third-order valence-corrected chi connectivity index (χ3v) is 12.0. The maximum atomic E-state index is 13.1. The van der Waals surface area contributed by atoms with Crippen LogP contribution in [-0.4, -0.2) is 89.2 Å². The number of rotatable bonds is 45. The molecule has 1 rings (SSSR count). The van der Waals surface area contributed by atoms with Crippen LogP contribution in [0.15, 0.2) is 85.1 Å². The van der Waals surface area contributed by atoms with Gasteiger partial charge in [0.05, 0.1) is 6.61 Å². The second-order valence-electron chi connectivity index (χ2n) is 18.5. The van der Waals surface area contributed by atoms with Gasteiger partial charge in [0.2, 0.25) is 0 Å². The fraction of sp³-hybridized carbons (Fsp3) is 0.695. The molecule has 0 aromatic heterocycles. The first-order chi connectivity index (χ1) is 34.6. The summed E-state index contributed by atoms with van der Waals surface area (Å²) in [5.74, 6) is -3.20. The number of carbonyl (C=O) groups excluding carboxylic acids is 3. The molecule has 0 aromatic rings. The highest BCUT2D eigenvalue weighted by Gasteiger charge is 2.50. The third kappa shape index (κ3) is 37.3. The summed E-state index contributed by atoms with van der Waals surface area (Å²) in [5, 5.41) is 31.4. The molecule has 0 amide bonds. The van der Waals surface area contributed by atoms with E-state index >= 15 is 0 Å². The average molecular weight is 997 g/mol. The van der Waals surface area contributed by atoms with Crippen molar-refractivity contribution in [3.05, 3.63) is 85.1 Å². The normalized spacial score (nSPS) is 19.1. The van der Waals surface area contributed by atoms with Gasteiger partial charge in [0.15, 0.2) is 24.6 Å². The average Bonchev–Trinajstić information content (AvgIpc) is 3.35. The molecule has 1 aliphatic heterocycles. The number of esters is 3. The van der Waals surface area contributed by atoms with Crippen LogP contribution in [0, 0.1) is 0 Å². The van der Waals surface area contributed by atoms with Crippen LogP contribution in [0.3, 0.4) is 0 Å². The van der Waals surface area contributed by atoms with E-state index in [9.17, 15) is 34.5 Å². The molecule has 12 heteroatoms. The van der Waals surface area contributed by atoms with Crippen molar-refractivity contribution in [1.29, 1.82) is 0 Å². The second-order valence-corrected chi connectivity index (χ2v) is 18.5. The Bertz CT molecular complexity index is 1560. The molecule has 3 N–H and O–H groups in total. The van der Waals surface area contributed by atoms with Crippen molar-refractivity contribution in [1.82, 2.24) is 0 Å². The lowest BCUT2D eigenvalue weighted by Crippen LogP contribution is -2.61. The summed E-state index contributed by atoms with van der Waals surface area (Å²) < 4.78 is 28.3. The lowest BCUT2D eigenvalue weighted by atomic mass is 9.98. The molecule has 0 aliphatic carbocycles. The van der Waals surface area contributed by atoms with Gasteiger partial charge in [-0.1, -0.05) is 189 Å². The van der Waals surface area contributed by atoms with E-state index in [1.54, 1.807) is 0 Å². The summed E-state index contributed by atoms with van der Waals surface area (Å²) in [7, 11) is 0. The van der Waals surface area contributed by atoms with E-state index in [4.69, 9.17) is 23.7 Å². The van der Waals surface area contributed by atoms with Crippen LogP contribution in [0.1, 0.15) is 213 Å².